The molecule has 0 unspecified atom stereocenters. The van der Waals surface area contributed by atoms with Crippen LogP contribution in [0.1, 0.15) is 42.5 Å². The second-order valence-corrected chi connectivity index (χ2v) is 4.28. The summed E-state index contributed by atoms with van der Waals surface area (Å²) in [5.41, 5.74) is 0.451. The van der Waals surface area contributed by atoms with Gasteiger partial charge in [-0.1, -0.05) is 19.3 Å². The van der Waals surface area contributed by atoms with Gasteiger partial charge in [-0.25, -0.2) is 4.79 Å². The summed E-state index contributed by atoms with van der Waals surface area (Å²) in [5, 5.41) is 0. The summed E-state index contributed by atoms with van der Waals surface area (Å²) in [5.74, 6) is 0.227. The summed E-state index contributed by atoms with van der Waals surface area (Å²) in [7, 11) is 1.58. The van der Waals surface area contributed by atoms with E-state index in [4.69, 9.17) is 14.5 Å². The first-order valence-corrected chi connectivity index (χ1v) is 6.17. The van der Waals surface area contributed by atoms with Crippen molar-refractivity contribution >= 4 is 5.97 Å². The zero-order valence-electron chi connectivity index (χ0n) is 10.5. The lowest BCUT2D eigenvalue weighted by atomic mass is 9.98. The minimum Gasteiger partial charge on any atom is -0.497 e. The van der Waals surface area contributed by atoms with Crippen LogP contribution in [0.5, 0.6) is 5.75 Å². The molecule has 1 saturated carbocycles. The molecule has 0 atom stereocenters. The maximum absolute atomic E-state index is 11.7. The van der Waals surface area contributed by atoms with E-state index < -0.39 is 5.97 Å². The van der Waals surface area contributed by atoms with Crippen LogP contribution in [0.4, 0.5) is 0 Å². The third-order valence-electron chi connectivity index (χ3n) is 2.97. The van der Waals surface area contributed by atoms with Gasteiger partial charge < -0.3 is 4.74 Å². The molecule has 0 amide bonds. The van der Waals surface area contributed by atoms with Gasteiger partial charge in [-0.05, 0) is 37.1 Å². The molecule has 1 aliphatic carbocycles. The average molecular weight is 249 g/mol. The lowest BCUT2D eigenvalue weighted by molar-refractivity contribution is -0.239. The van der Waals surface area contributed by atoms with Gasteiger partial charge in [0.2, 0.25) is 0 Å². The number of methoxy groups -OCH3 is 1. The predicted molar refractivity (Wildman–Crippen MR) is 65.8 cm³/mol. The molecule has 0 heterocycles. The first kappa shape index (κ1) is 12.9. The van der Waals surface area contributed by atoms with E-state index in [-0.39, 0.29) is 0 Å². The Morgan fingerprint density at radius 3 is 2.33 bits per heavy atom. The summed E-state index contributed by atoms with van der Waals surface area (Å²) in [4.78, 5) is 21.6. The van der Waals surface area contributed by atoms with Crippen LogP contribution >= 0.6 is 0 Å². The van der Waals surface area contributed by atoms with E-state index in [1.54, 1.807) is 31.4 Å². The highest BCUT2D eigenvalue weighted by molar-refractivity contribution is 5.89. The van der Waals surface area contributed by atoms with Crippen LogP contribution in [0.2, 0.25) is 0 Å². The molecule has 18 heavy (non-hydrogen) atoms. The van der Waals surface area contributed by atoms with Crippen molar-refractivity contribution in [2.24, 2.45) is 0 Å². The summed E-state index contributed by atoms with van der Waals surface area (Å²) in [6.45, 7) is 0. The fraction of sp³-hybridized carbons (Fsp3) is 0.429. The topological polar surface area (TPSA) is 44.8 Å². The highest BCUT2D eigenvalue weighted by atomic mass is 17.2. The monoisotopic (exact) mass is 249 g/mol. The Hall–Kier alpha value is -1.55. The molecule has 0 saturated heterocycles. The maximum atomic E-state index is 11.7. The summed E-state index contributed by atoms with van der Waals surface area (Å²) in [6, 6.07) is 6.72. The van der Waals surface area contributed by atoms with Crippen molar-refractivity contribution in [3.05, 3.63) is 35.9 Å². The fourth-order valence-electron chi connectivity index (χ4n) is 1.90. The zero-order valence-corrected chi connectivity index (χ0v) is 10.5. The second kappa shape index (κ2) is 6.40. The molecule has 1 aliphatic rings. The smallest absolute Gasteiger partial charge is 0.373 e. The molecule has 2 rings (SSSR count). The maximum Gasteiger partial charge on any atom is 0.373 e. The van der Waals surface area contributed by atoms with Gasteiger partial charge in [-0.3, -0.25) is 4.89 Å². The largest absolute Gasteiger partial charge is 0.497 e. The Morgan fingerprint density at radius 1 is 1.06 bits per heavy atom. The van der Waals surface area contributed by atoms with E-state index in [9.17, 15) is 4.79 Å². The van der Waals surface area contributed by atoms with Gasteiger partial charge in [0, 0.05) is 0 Å². The van der Waals surface area contributed by atoms with E-state index in [1.807, 2.05) is 0 Å². The summed E-state index contributed by atoms with van der Waals surface area (Å²) in [6.07, 6.45) is 6.07. The van der Waals surface area contributed by atoms with Crippen molar-refractivity contribution in [1.82, 2.24) is 0 Å². The lowest BCUT2D eigenvalue weighted by Crippen LogP contribution is -2.12. The fourth-order valence-corrected chi connectivity index (χ4v) is 1.90. The van der Waals surface area contributed by atoms with Crippen LogP contribution in [0.3, 0.4) is 0 Å². The Labute approximate surface area is 107 Å². The van der Waals surface area contributed by atoms with Crippen LogP contribution in [0, 0.1) is 6.10 Å². The summed E-state index contributed by atoms with van der Waals surface area (Å²) < 4.78 is 5.02. The minimum atomic E-state index is -0.476. The first-order chi connectivity index (χ1) is 8.79. The third-order valence-corrected chi connectivity index (χ3v) is 2.97. The van der Waals surface area contributed by atoms with Gasteiger partial charge in [-0.15, -0.1) is 0 Å². The Kier molecular flexibility index (Phi) is 4.59. The zero-order chi connectivity index (χ0) is 12.8. The molecule has 4 heteroatoms. The molecule has 0 spiro atoms. The van der Waals surface area contributed by atoms with E-state index in [0.717, 1.165) is 31.8 Å². The normalized spacial score (nSPS) is 16.3. The standard InChI is InChI=1S/C14H17O4/c1-16-12-9-7-11(8-10-12)14(15)18-17-13-5-3-2-4-6-13/h7-10H,2-6H2,1H3. The van der Waals surface area contributed by atoms with Gasteiger partial charge in [-0.2, -0.15) is 4.89 Å². The molecule has 1 aromatic rings. The van der Waals surface area contributed by atoms with Crippen LogP contribution in [0.25, 0.3) is 0 Å². The highest BCUT2D eigenvalue weighted by Gasteiger charge is 2.18. The molecular formula is C14H17O4. The molecule has 0 N–H and O–H groups in total. The molecular weight excluding hydrogens is 232 g/mol. The van der Waals surface area contributed by atoms with Crippen molar-refractivity contribution < 1.29 is 19.3 Å². The molecule has 97 valence electrons. The molecule has 0 aromatic heterocycles. The lowest BCUT2D eigenvalue weighted by Gasteiger charge is -2.18. The van der Waals surface area contributed by atoms with E-state index in [2.05, 4.69) is 0 Å². The molecule has 1 aromatic carbocycles. The average Bonchev–Trinajstić information content (AvgIpc) is 2.46. The molecule has 0 bridgehead atoms. The SMILES string of the molecule is COc1ccc(C(=O)OO[C]2CCCCC2)cc1. The van der Waals surface area contributed by atoms with E-state index >= 15 is 0 Å². The van der Waals surface area contributed by atoms with Gasteiger partial charge in [0.15, 0.2) is 0 Å². The van der Waals surface area contributed by atoms with Crippen molar-refractivity contribution in [3.8, 4) is 5.75 Å². The third kappa shape index (κ3) is 3.47. The predicted octanol–water partition coefficient (Wildman–Crippen LogP) is 3.28. The number of ether oxygens (including phenoxy) is 1. The van der Waals surface area contributed by atoms with Gasteiger partial charge in [0.1, 0.15) is 11.9 Å². The number of carbonyl (C=O) groups is 1. The van der Waals surface area contributed by atoms with Crippen molar-refractivity contribution in [1.29, 1.82) is 0 Å². The summed E-state index contributed by atoms with van der Waals surface area (Å²) >= 11 is 0. The minimum absolute atomic E-state index is 0.451. The van der Waals surface area contributed by atoms with Gasteiger partial charge in [0.05, 0.1) is 12.7 Å². The Bertz CT molecular complexity index is 379. The number of benzene rings is 1. The molecule has 0 aliphatic heterocycles. The number of carbonyl (C=O) groups excluding carboxylic acids is 1. The van der Waals surface area contributed by atoms with E-state index in [1.165, 1.54) is 6.42 Å². The first-order valence-electron chi connectivity index (χ1n) is 6.17. The van der Waals surface area contributed by atoms with Crippen molar-refractivity contribution in [2.75, 3.05) is 7.11 Å². The van der Waals surface area contributed by atoms with Crippen LogP contribution in [0.15, 0.2) is 24.3 Å². The number of rotatable bonds is 4. The number of hydrogen-bond donors (Lipinski definition) is 0. The van der Waals surface area contributed by atoms with E-state index in [0.29, 0.717) is 11.3 Å². The van der Waals surface area contributed by atoms with Gasteiger partial charge >= 0.3 is 5.97 Å². The Morgan fingerprint density at radius 2 is 1.72 bits per heavy atom. The van der Waals surface area contributed by atoms with Crippen LogP contribution < -0.4 is 4.74 Å². The van der Waals surface area contributed by atoms with Gasteiger partial charge in [0.25, 0.3) is 0 Å². The Balaban J connectivity index is 1.82. The molecule has 1 fully saturated rings. The number of hydrogen-bond acceptors (Lipinski definition) is 4. The van der Waals surface area contributed by atoms with Crippen LogP contribution in [-0.2, 0) is 9.78 Å². The highest BCUT2D eigenvalue weighted by Crippen LogP contribution is 2.26. The molecule has 4 nitrogen and oxygen atoms in total. The molecule has 1 radical (unpaired) electrons. The quantitative estimate of drug-likeness (QED) is 0.606. The van der Waals surface area contributed by atoms with Crippen LogP contribution in [-0.4, -0.2) is 13.1 Å². The van der Waals surface area contributed by atoms with Crippen molar-refractivity contribution in [3.63, 3.8) is 0 Å². The second-order valence-electron chi connectivity index (χ2n) is 4.28. The van der Waals surface area contributed by atoms with Crippen molar-refractivity contribution in [2.45, 2.75) is 32.1 Å².